The summed E-state index contributed by atoms with van der Waals surface area (Å²) in [6.07, 6.45) is 75.1. The molecule has 1 atom stereocenters. The van der Waals surface area contributed by atoms with Gasteiger partial charge in [0.1, 0.15) is 13.2 Å². The van der Waals surface area contributed by atoms with E-state index in [-0.39, 0.29) is 31.1 Å². The second-order valence-corrected chi connectivity index (χ2v) is 20.6. The molecule has 0 aliphatic rings. The van der Waals surface area contributed by atoms with Crippen LogP contribution in [-0.4, -0.2) is 37.2 Å². The molecule has 0 aliphatic carbocycles. The van der Waals surface area contributed by atoms with E-state index >= 15 is 0 Å². The van der Waals surface area contributed by atoms with Crippen molar-refractivity contribution in [3.05, 3.63) is 60.8 Å². The number of ether oxygens (including phenoxy) is 3. The van der Waals surface area contributed by atoms with E-state index in [0.29, 0.717) is 19.3 Å². The summed E-state index contributed by atoms with van der Waals surface area (Å²) in [7, 11) is 0. The lowest BCUT2D eigenvalue weighted by atomic mass is 10.0. The molecule has 0 aliphatic heterocycles. The molecule has 0 aromatic rings. The van der Waals surface area contributed by atoms with E-state index in [0.717, 1.165) is 103 Å². The highest BCUT2D eigenvalue weighted by atomic mass is 16.6. The van der Waals surface area contributed by atoms with Crippen molar-refractivity contribution < 1.29 is 28.6 Å². The van der Waals surface area contributed by atoms with Crippen molar-refractivity contribution in [1.29, 1.82) is 0 Å². The van der Waals surface area contributed by atoms with E-state index in [2.05, 4.69) is 81.5 Å². The quantitative estimate of drug-likeness (QED) is 0.0261. The number of hydrogen-bond donors (Lipinski definition) is 0. The Bertz CT molecular complexity index is 1280. The van der Waals surface area contributed by atoms with Gasteiger partial charge in [0.05, 0.1) is 0 Å². The molecule has 6 heteroatoms. The van der Waals surface area contributed by atoms with E-state index in [9.17, 15) is 14.4 Å². The van der Waals surface area contributed by atoms with Gasteiger partial charge in [0.2, 0.25) is 0 Å². The zero-order chi connectivity index (χ0) is 51.4. The molecule has 0 radical (unpaired) electrons. The molecule has 0 aromatic carbocycles. The Morgan fingerprint density at radius 3 is 0.873 bits per heavy atom. The second kappa shape index (κ2) is 59.7. The summed E-state index contributed by atoms with van der Waals surface area (Å²) in [6, 6.07) is 0. The maximum Gasteiger partial charge on any atom is 0.306 e. The molecule has 412 valence electrons. The monoisotopic (exact) mass is 993 g/mol. The zero-order valence-electron chi connectivity index (χ0n) is 47.2. The largest absolute Gasteiger partial charge is 0.462 e. The first-order valence-corrected chi connectivity index (χ1v) is 30.8. The van der Waals surface area contributed by atoms with Crippen LogP contribution in [0, 0.1) is 0 Å². The Balaban J connectivity index is 4.36. The van der Waals surface area contributed by atoms with Crippen molar-refractivity contribution in [2.24, 2.45) is 0 Å². The molecule has 0 saturated heterocycles. The number of esters is 3. The molecular weight excluding hydrogens is 877 g/mol. The molecule has 0 N–H and O–H groups in total. The first-order valence-electron chi connectivity index (χ1n) is 30.8. The van der Waals surface area contributed by atoms with E-state index in [4.69, 9.17) is 14.2 Å². The predicted octanol–water partition coefficient (Wildman–Crippen LogP) is 20.8. The third-order valence-electron chi connectivity index (χ3n) is 13.5. The lowest BCUT2D eigenvalue weighted by Gasteiger charge is -2.18. The Morgan fingerprint density at radius 1 is 0.296 bits per heavy atom. The topological polar surface area (TPSA) is 78.9 Å². The average Bonchev–Trinajstić information content (AvgIpc) is 3.37. The smallest absolute Gasteiger partial charge is 0.306 e. The van der Waals surface area contributed by atoms with E-state index in [1.165, 1.54) is 173 Å². The molecule has 0 saturated carbocycles. The first-order chi connectivity index (χ1) is 35.0. The molecule has 0 rings (SSSR count). The summed E-state index contributed by atoms with van der Waals surface area (Å²) < 4.78 is 16.9. The summed E-state index contributed by atoms with van der Waals surface area (Å²) in [5.74, 6) is -0.901. The second-order valence-electron chi connectivity index (χ2n) is 20.6. The van der Waals surface area contributed by atoms with Gasteiger partial charge in [0.25, 0.3) is 0 Å². The van der Waals surface area contributed by atoms with Crippen LogP contribution in [0.15, 0.2) is 60.8 Å². The molecule has 6 nitrogen and oxygen atoms in total. The molecule has 0 fully saturated rings. The zero-order valence-corrected chi connectivity index (χ0v) is 47.2. The minimum absolute atomic E-state index is 0.0839. The van der Waals surface area contributed by atoms with Crippen molar-refractivity contribution in [2.75, 3.05) is 13.2 Å². The summed E-state index contributed by atoms with van der Waals surface area (Å²) in [6.45, 7) is 6.54. The van der Waals surface area contributed by atoms with Gasteiger partial charge in [-0.15, -0.1) is 0 Å². The lowest BCUT2D eigenvalue weighted by molar-refractivity contribution is -0.167. The summed E-state index contributed by atoms with van der Waals surface area (Å²) in [4.78, 5) is 38.2. The molecule has 0 aromatic heterocycles. The van der Waals surface area contributed by atoms with Crippen LogP contribution < -0.4 is 0 Å². The van der Waals surface area contributed by atoms with Crippen LogP contribution in [0.2, 0.25) is 0 Å². The Kier molecular flexibility index (Phi) is 57.2. The maximum atomic E-state index is 12.9. The summed E-state index contributed by atoms with van der Waals surface area (Å²) in [5, 5.41) is 0. The molecular formula is C65H116O6. The fraction of sp³-hybridized carbons (Fsp3) is 0.800. The summed E-state index contributed by atoms with van der Waals surface area (Å²) >= 11 is 0. The average molecular weight is 994 g/mol. The van der Waals surface area contributed by atoms with Crippen molar-refractivity contribution in [3.8, 4) is 0 Å². The number of unbranched alkanes of at least 4 members (excludes halogenated alkanes) is 35. The Labute approximate surface area is 440 Å². The third kappa shape index (κ3) is 57.9. The van der Waals surface area contributed by atoms with Crippen LogP contribution in [0.5, 0.6) is 0 Å². The van der Waals surface area contributed by atoms with Gasteiger partial charge in [-0.3, -0.25) is 14.4 Å². The predicted molar refractivity (Wildman–Crippen MR) is 307 cm³/mol. The lowest BCUT2D eigenvalue weighted by Crippen LogP contribution is -2.30. The van der Waals surface area contributed by atoms with Gasteiger partial charge in [-0.05, 0) is 83.5 Å². The van der Waals surface area contributed by atoms with Gasteiger partial charge in [0.15, 0.2) is 6.10 Å². The highest BCUT2D eigenvalue weighted by Crippen LogP contribution is 2.17. The molecule has 0 amide bonds. The van der Waals surface area contributed by atoms with Crippen LogP contribution in [0.4, 0.5) is 0 Å². The fourth-order valence-electron chi connectivity index (χ4n) is 8.90. The maximum absolute atomic E-state index is 12.9. The van der Waals surface area contributed by atoms with Gasteiger partial charge >= 0.3 is 17.9 Å². The number of hydrogen-bond acceptors (Lipinski definition) is 6. The van der Waals surface area contributed by atoms with Gasteiger partial charge in [-0.2, -0.15) is 0 Å². The SMILES string of the molecule is CC/C=C\C/C=C\C/C=C\C/C=C\CCCCCCC(=O)OC(COC(=O)CCCCCCC/C=C\CCCCCCCC)COC(=O)CCCCCCCCCCCCCCCCCCCCCCC. The van der Waals surface area contributed by atoms with E-state index in [1.54, 1.807) is 0 Å². The fourth-order valence-corrected chi connectivity index (χ4v) is 8.90. The Hall–Kier alpha value is -2.89. The minimum atomic E-state index is -0.789. The van der Waals surface area contributed by atoms with E-state index < -0.39 is 6.10 Å². The third-order valence-corrected chi connectivity index (χ3v) is 13.5. The molecule has 0 bridgehead atoms. The van der Waals surface area contributed by atoms with E-state index in [1.807, 2.05) is 0 Å². The van der Waals surface area contributed by atoms with Crippen molar-refractivity contribution >= 4 is 17.9 Å². The Morgan fingerprint density at radius 2 is 0.549 bits per heavy atom. The number of rotatable bonds is 56. The van der Waals surface area contributed by atoms with Crippen molar-refractivity contribution in [3.63, 3.8) is 0 Å². The number of carbonyl (C=O) groups excluding carboxylic acids is 3. The van der Waals surface area contributed by atoms with Crippen LogP contribution in [0.25, 0.3) is 0 Å². The van der Waals surface area contributed by atoms with Crippen LogP contribution in [0.1, 0.15) is 316 Å². The molecule has 0 spiro atoms. The van der Waals surface area contributed by atoms with Crippen molar-refractivity contribution in [2.45, 2.75) is 322 Å². The van der Waals surface area contributed by atoms with Crippen LogP contribution in [0.3, 0.4) is 0 Å². The number of carbonyl (C=O) groups is 3. The van der Waals surface area contributed by atoms with Gasteiger partial charge in [0, 0.05) is 19.3 Å². The minimum Gasteiger partial charge on any atom is -0.462 e. The molecule has 71 heavy (non-hydrogen) atoms. The highest BCUT2D eigenvalue weighted by molar-refractivity contribution is 5.71. The van der Waals surface area contributed by atoms with Gasteiger partial charge in [-0.1, -0.05) is 274 Å². The van der Waals surface area contributed by atoms with Gasteiger partial charge in [-0.25, -0.2) is 0 Å². The van der Waals surface area contributed by atoms with Crippen molar-refractivity contribution in [1.82, 2.24) is 0 Å². The normalized spacial score (nSPS) is 12.4. The number of allylic oxidation sites excluding steroid dienone is 10. The standard InChI is InChI=1S/C65H116O6/c1-4-7-10-13-16-19-22-25-28-30-31-32-33-35-37-40-43-46-49-52-55-58-64(67)70-61-62(60-69-63(66)57-54-51-48-45-42-39-36-27-24-21-18-15-12-9-6-3)71-65(68)59-56-53-50-47-44-41-38-34-29-26-23-20-17-14-11-8-5-2/h8,11,17,20,26-27,29,36,38,41,62H,4-7,9-10,12-16,18-19,21-25,28,30-35,37,39-40,42-61H2,1-3H3/b11-8-,20-17-,29-26-,36-27-,41-38-. The first kappa shape index (κ1) is 68.1. The molecule has 0 heterocycles. The van der Waals surface area contributed by atoms with Crippen LogP contribution >= 0.6 is 0 Å². The van der Waals surface area contributed by atoms with Crippen LogP contribution in [-0.2, 0) is 28.6 Å². The van der Waals surface area contributed by atoms with Gasteiger partial charge < -0.3 is 14.2 Å². The highest BCUT2D eigenvalue weighted by Gasteiger charge is 2.19. The summed E-state index contributed by atoms with van der Waals surface area (Å²) in [5.41, 5.74) is 0. The molecule has 1 unspecified atom stereocenters.